The van der Waals surface area contributed by atoms with E-state index in [-0.39, 0.29) is 24.7 Å². The fourth-order valence-electron chi connectivity index (χ4n) is 1.56. The second-order valence-electron chi connectivity index (χ2n) is 3.67. The predicted octanol–water partition coefficient (Wildman–Crippen LogP) is -0.839. The van der Waals surface area contributed by atoms with Crippen molar-refractivity contribution in [1.82, 2.24) is 10.1 Å². The Hall–Kier alpha value is -1.40. The molecule has 0 spiro atoms. The summed E-state index contributed by atoms with van der Waals surface area (Å²) in [7, 11) is 0. The largest absolute Gasteiger partial charge is 0.388 e. The van der Waals surface area contributed by atoms with E-state index in [2.05, 4.69) is 5.16 Å². The summed E-state index contributed by atoms with van der Waals surface area (Å²) in [5.74, 6) is 0.223. The summed E-state index contributed by atoms with van der Waals surface area (Å²) >= 11 is 0. The monoisotopic (exact) mass is 212 g/mol. The maximum Gasteiger partial charge on any atom is 0.276 e. The number of aliphatic hydroxyl groups is 2. The lowest BCUT2D eigenvalue weighted by Gasteiger charge is -2.12. The van der Waals surface area contributed by atoms with E-state index >= 15 is 0 Å². The molecule has 1 aromatic heterocycles. The number of carbonyl (C=O) groups excluding carboxylic acids is 1. The Labute approximate surface area is 86.1 Å². The molecule has 6 heteroatoms. The van der Waals surface area contributed by atoms with Crippen LogP contribution in [0.5, 0.6) is 0 Å². The molecule has 6 nitrogen and oxygen atoms in total. The topological polar surface area (TPSA) is 86.8 Å². The van der Waals surface area contributed by atoms with Crippen molar-refractivity contribution >= 4 is 5.91 Å². The smallest absolute Gasteiger partial charge is 0.276 e. The number of aryl methyl sites for hydroxylation is 1. The molecule has 1 saturated heterocycles. The summed E-state index contributed by atoms with van der Waals surface area (Å²) in [4.78, 5) is 13.1. The average molecular weight is 212 g/mol. The van der Waals surface area contributed by atoms with Crippen molar-refractivity contribution in [2.45, 2.75) is 19.1 Å². The van der Waals surface area contributed by atoms with Gasteiger partial charge in [0.25, 0.3) is 5.91 Å². The lowest BCUT2D eigenvalue weighted by molar-refractivity contribution is 0.0572. The van der Waals surface area contributed by atoms with Crippen LogP contribution in [0, 0.1) is 6.92 Å². The zero-order chi connectivity index (χ0) is 11.0. The number of amides is 1. The first-order valence-corrected chi connectivity index (χ1v) is 4.66. The molecular formula is C9H12N2O4. The fraction of sp³-hybridized carbons (Fsp3) is 0.556. The molecule has 1 amide bonds. The standard InChI is InChI=1S/C9H12N2O4/c1-5-2-6(10-15-5)9(14)11-3-7(12)8(13)4-11/h2,7-8,12-13H,3-4H2,1H3. The zero-order valence-electron chi connectivity index (χ0n) is 8.25. The van der Waals surface area contributed by atoms with Crippen LogP contribution in [0.2, 0.25) is 0 Å². The summed E-state index contributed by atoms with van der Waals surface area (Å²) in [6.45, 7) is 1.95. The Kier molecular flexibility index (Phi) is 2.45. The van der Waals surface area contributed by atoms with Crippen molar-refractivity contribution in [3.05, 3.63) is 17.5 Å². The second kappa shape index (κ2) is 3.63. The minimum absolute atomic E-state index is 0.131. The number of nitrogens with zero attached hydrogens (tertiary/aromatic N) is 2. The Bertz CT molecular complexity index is 366. The number of likely N-dealkylation sites (tertiary alicyclic amines) is 1. The van der Waals surface area contributed by atoms with E-state index in [1.165, 1.54) is 11.0 Å². The lowest BCUT2D eigenvalue weighted by atomic mass is 10.3. The molecule has 82 valence electrons. The van der Waals surface area contributed by atoms with Crippen LogP contribution in [0.4, 0.5) is 0 Å². The number of hydrogen-bond donors (Lipinski definition) is 2. The molecule has 0 aromatic carbocycles. The van der Waals surface area contributed by atoms with Gasteiger partial charge in [-0.3, -0.25) is 4.79 Å². The third-order valence-corrected chi connectivity index (χ3v) is 2.39. The van der Waals surface area contributed by atoms with Gasteiger partial charge in [0.2, 0.25) is 0 Å². The molecule has 1 fully saturated rings. The zero-order valence-corrected chi connectivity index (χ0v) is 8.25. The Morgan fingerprint density at radius 1 is 1.53 bits per heavy atom. The Morgan fingerprint density at radius 3 is 2.60 bits per heavy atom. The van der Waals surface area contributed by atoms with Gasteiger partial charge >= 0.3 is 0 Å². The quantitative estimate of drug-likeness (QED) is 0.634. The van der Waals surface area contributed by atoms with Crippen molar-refractivity contribution < 1.29 is 19.5 Å². The second-order valence-corrected chi connectivity index (χ2v) is 3.67. The third kappa shape index (κ3) is 1.86. The highest BCUT2D eigenvalue weighted by molar-refractivity contribution is 5.92. The molecule has 2 atom stereocenters. The summed E-state index contributed by atoms with van der Waals surface area (Å²) in [6.07, 6.45) is -1.75. The van der Waals surface area contributed by atoms with Gasteiger partial charge in [-0.1, -0.05) is 5.16 Å². The maximum atomic E-state index is 11.7. The van der Waals surface area contributed by atoms with Crippen LogP contribution in [0.1, 0.15) is 16.2 Å². The first kappa shape index (κ1) is 10.1. The number of hydrogen-bond acceptors (Lipinski definition) is 5. The molecular weight excluding hydrogens is 200 g/mol. The molecule has 0 bridgehead atoms. The van der Waals surface area contributed by atoms with Crippen LogP contribution < -0.4 is 0 Å². The van der Waals surface area contributed by atoms with E-state index in [0.717, 1.165) is 0 Å². The molecule has 2 unspecified atom stereocenters. The van der Waals surface area contributed by atoms with E-state index in [4.69, 9.17) is 4.52 Å². The van der Waals surface area contributed by atoms with Gasteiger partial charge in [-0.2, -0.15) is 0 Å². The molecule has 2 rings (SSSR count). The van der Waals surface area contributed by atoms with E-state index in [1.807, 2.05) is 0 Å². The Balaban J connectivity index is 2.10. The summed E-state index contributed by atoms with van der Waals surface area (Å²) < 4.78 is 4.78. The minimum Gasteiger partial charge on any atom is -0.388 e. The average Bonchev–Trinajstić information content (AvgIpc) is 2.74. The third-order valence-electron chi connectivity index (χ3n) is 2.39. The van der Waals surface area contributed by atoms with Gasteiger partial charge in [0, 0.05) is 19.2 Å². The normalized spacial score (nSPS) is 25.9. The van der Waals surface area contributed by atoms with Crippen molar-refractivity contribution in [2.24, 2.45) is 0 Å². The van der Waals surface area contributed by atoms with E-state index in [9.17, 15) is 15.0 Å². The summed E-state index contributed by atoms with van der Waals surface area (Å²) in [5.41, 5.74) is 0.203. The highest BCUT2D eigenvalue weighted by atomic mass is 16.5. The summed E-state index contributed by atoms with van der Waals surface area (Å²) in [5, 5.41) is 22.1. The van der Waals surface area contributed by atoms with E-state index < -0.39 is 12.2 Å². The molecule has 0 radical (unpaired) electrons. The van der Waals surface area contributed by atoms with Crippen LogP contribution in [-0.4, -0.2) is 51.5 Å². The van der Waals surface area contributed by atoms with Crippen LogP contribution >= 0.6 is 0 Å². The first-order valence-electron chi connectivity index (χ1n) is 4.66. The van der Waals surface area contributed by atoms with Gasteiger partial charge in [0.1, 0.15) is 5.76 Å². The van der Waals surface area contributed by atoms with Gasteiger partial charge in [-0.25, -0.2) is 0 Å². The predicted molar refractivity (Wildman–Crippen MR) is 49.2 cm³/mol. The van der Waals surface area contributed by atoms with Crippen LogP contribution in [0.3, 0.4) is 0 Å². The number of aromatic nitrogens is 1. The van der Waals surface area contributed by atoms with Crippen LogP contribution in [-0.2, 0) is 0 Å². The minimum atomic E-state index is -0.873. The number of carbonyl (C=O) groups is 1. The van der Waals surface area contributed by atoms with Gasteiger partial charge < -0.3 is 19.6 Å². The fourth-order valence-corrected chi connectivity index (χ4v) is 1.56. The number of β-amino-alcohol motifs (C(OH)–C–C–N with tert-alkyl or cyclic N) is 2. The first-order chi connectivity index (χ1) is 7.08. The SMILES string of the molecule is Cc1cc(C(=O)N2CC(O)C(O)C2)no1. The van der Waals surface area contributed by atoms with Gasteiger partial charge in [0.15, 0.2) is 5.69 Å². The van der Waals surface area contributed by atoms with Crippen molar-refractivity contribution in [3.8, 4) is 0 Å². The number of aliphatic hydroxyl groups excluding tert-OH is 2. The number of rotatable bonds is 1. The van der Waals surface area contributed by atoms with E-state index in [1.54, 1.807) is 6.92 Å². The van der Waals surface area contributed by atoms with Crippen molar-refractivity contribution in [3.63, 3.8) is 0 Å². The summed E-state index contributed by atoms with van der Waals surface area (Å²) in [6, 6.07) is 1.53. The van der Waals surface area contributed by atoms with Crippen molar-refractivity contribution in [2.75, 3.05) is 13.1 Å². The molecule has 15 heavy (non-hydrogen) atoms. The highest BCUT2D eigenvalue weighted by Gasteiger charge is 2.33. The maximum absolute atomic E-state index is 11.7. The molecule has 1 aliphatic rings. The molecule has 1 aliphatic heterocycles. The molecule has 2 N–H and O–H groups in total. The van der Waals surface area contributed by atoms with Crippen LogP contribution in [0.15, 0.2) is 10.6 Å². The molecule has 0 aliphatic carbocycles. The Morgan fingerprint density at radius 2 is 2.13 bits per heavy atom. The molecule has 1 aromatic rings. The molecule has 0 saturated carbocycles. The molecule has 2 heterocycles. The van der Waals surface area contributed by atoms with Gasteiger partial charge in [-0.05, 0) is 6.92 Å². The van der Waals surface area contributed by atoms with Gasteiger partial charge in [0.05, 0.1) is 12.2 Å². The lowest BCUT2D eigenvalue weighted by Crippen LogP contribution is -2.30. The van der Waals surface area contributed by atoms with E-state index in [0.29, 0.717) is 5.76 Å². The van der Waals surface area contributed by atoms with Crippen molar-refractivity contribution in [1.29, 1.82) is 0 Å². The van der Waals surface area contributed by atoms with Gasteiger partial charge in [-0.15, -0.1) is 0 Å². The highest BCUT2D eigenvalue weighted by Crippen LogP contribution is 2.14. The van der Waals surface area contributed by atoms with Crippen LogP contribution in [0.25, 0.3) is 0 Å².